The normalized spacial score (nSPS) is 10.6. The number of benzene rings is 2. The molecule has 1 amide bonds. The molecule has 0 heterocycles. The molecule has 108 valence electrons. The second-order valence-electron chi connectivity index (χ2n) is 4.20. The highest BCUT2D eigenvalue weighted by Crippen LogP contribution is 2.33. The molecule has 1 N–H and O–H groups in total. The van der Waals surface area contributed by atoms with Crippen molar-refractivity contribution in [2.24, 2.45) is 0 Å². The monoisotopic (exact) mass is 409 g/mol. The molecule has 0 aliphatic heterocycles. The molecule has 0 saturated heterocycles. The highest BCUT2D eigenvalue weighted by Gasteiger charge is 2.07. The van der Waals surface area contributed by atoms with Crippen LogP contribution in [0.4, 0.5) is 5.69 Å². The molecule has 3 nitrogen and oxygen atoms in total. The summed E-state index contributed by atoms with van der Waals surface area (Å²) >= 11 is 6.85. The van der Waals surface area contributed by atoms with Crippen molar-refractivity contribution >= 4 is 49.5 Å². The van der Waals surface area contributed by atoms with E-state index in [2.05, 4.69) is 37.2 Å². The SMILES string of the molecule is COc1c(Br)cc(Br)cc1C=CC(=O)Nc1ccccc1. The molecule has 0 atom stereocenters. The van der Waals surface area contributed by atoms with Gasteiger partial charge in [-0.1, -0.05) is 34.1 Å². The lowest BCUT2D eigenvalue weighted by Gasteiger charge is -2.08. The summed E-state index contributed by atoms with van der Waals surface area (Å²) in [5.74, 6) is 0.487. The van der Waals surface area contributed by atoms with E-state index in [0.717, 1.165) is 20.2 Å². The van der Waals surface area contributed by atoms with Crippen LogP contribution in [0.15, 0.2) is 57.5 Å². The molecule has 2 rings (SSSR count). The first-order valence-corrected chi connectivity index (χ1v) is 7.76. The van der Waals surface area contributed by atoms with Gasteiger partial charge in [0.05, 0.1) is 11.6 Å². The van der Waals surface area contributed by atoms with Gasteiger partial charge in [-0.15, -0.1) is 0 Å². The van der Waals surface area contributed by atoms with Gasteiger partial charge in [-0.2, -0.15) is 0 Å². The van der Waals surface area contributed by atoms with E-state index in [-0.39, 0.29) is 5.91 Å². The summed E-state index contributed by atoms with van der Waals surface area (Å²) < 4.78 is 7.05. The molecule has 0 aliphatic carbocycles. The Morgan fingerprint density at radius 3 is 2.57 bits per heavy atom. The summed E-state index contributed by atoms with van der Waals surface area (Å²) in [6.45, 7) is 0. The largest absolute Gasteiger partial charge is 0.495 e. The maximum absolute atomic E-state index is 11.9. The molecular formula is C16H13Br2NO2. The topological polar surface area (TPSA) is 38.3 Å². The fraction of sp³-hybridized carbons (Fsp3) is 0.0625. The van der Waals surface area contributed by atoms with Crippen LogP contribution in [-0.4, -0.2) is 13.0 Å². The molecular weight excluding hydrogens is 398 g/mol. The minimum absolute atomic E-state index is 0.195. The maximum Gasteiger partial charge on any atom is 0.248 e. The Morgan fingerprint density at radius 2 is 1.90 bits per heavy atom. The van der Waals surface area contributed by atoms with Gasteiger partial charge in [0.25, 0.3) is 0 Å². The van der Waals surface area contributed by atoms with Crippen molar-refractivity contribution in [3.63, 3.8) is 0 Å². The smallest absolute Gasteiger partial charge is 0.248 e. The third-order valence-corrected chi connectivity index (χ3v) is 3.74. The van der Waals surface area contributed by atoms with Crippen LogP contribution in [0, 0.1) is 0 Å². The number of para-hydroxylation sites is 1. The zero-order chi connectivity index (χ0) is 15.2. The molecule has 0 fully saturated rings. The Balaban J connectivity index is 2.16. The van der Waals surface area contributed by atoms with Gasteiger partial charge in [0, 0.05) is 21.8 Å². The standard InChI is InChI=1S/C16H13Br2NO2/c1-21-16-11(9-12(17)10-14(16)18)7-8-15(20)19-13-5-3-2-4-6-13/h2-10H,1H3,(H,19,20). The first-order chi connectivity index (χ1) is 10.1. The molecule has 0 unspecified atom stereocenters. The Bertz CT molecular complexity index is 669. The van der Waals surface area contributed by atoms with Crippen LogP contribution in [0.2, 0.25) is 0 Å². The van der Waals surface area contributed by atoms with Crippen LogP contribution in [-0.2, 0) is 4.79 Å². The van der Waals surface area contributed by atoms with E-state index >= 15 is 0 Å². The number of anilines is 1. The number of hydrogen-bond donors (Lipinski definition) is 1. The average molecular weight is 411 g/mol. The summed E-state index contributed by atoms with van der Waals surface area (Å²) in [6.07, 6.45) is 3.19. The van der Waals surface area contributed by atoms with Crippen LogP contribution >= 0.6 is 31.9 Å². The number of carbonyl (C=O) groups excluding carboxylic acids is 1. The summed E-state index contributed by atoms with van der Waals surface area (Å²) in [5, 5.41) is 2.79. The molecule has 2 aromatic carbocycles. The zero-order valence-electron chi connectivity index (χ0n) is 11.3. The van der Waals surface area contributed by atoms with Gasteiger partial charge in [0.1, 0.15) is 5.75 Å². The molecule has 0 aliphatic rings. The van der Waals surface area contributed by atoms with E-state index in [9.17, 15) is 4.79 Å². The van der Waals surface area contributed by atoms with Crippen molar-refractivity contribution in [1.29, 1.82) is 0 Å². The van der Waals surface area contributed by atoms with Crippen molar-refractivity contribution in [1.82, 2.24) is 0 Å². The third-order valence-electron chi connectivity index (χ3n) is 2.70. The second kappa shape index (κ2) is 7.43. The molecule has 0 bridgehead atoms. The highest BCUT2D eigenvalue weighted by atomic mass is 79.9. The number of hydrogen-bond acceptors (Lipinski definition) is 2. The predicted molar refractivity (Wildman–Crippen MR) is 92.5 cm³/mol. The van der Waals surface area contributed by atoms with E-state index in [4.69, 9.17) is 4.74 Å². The summed E-state index contributed by atoms with van der Waals surface area (Å²) in [6, 6.07) is 13.1. The number of ether oxygens (including phenoxy) is 1. The first kappa shape index (κ1) is 15.8. The lowest BCUT2D eigenvalue weighted by atomic mass is 10.2. The minimum Gasteiger partial charge on any atom is -0.495 e. The van der Waals surface area contributed by atoms with Crippen molar-refractivity contribution < 1.29 is 9.53 Å². The minimum atomic E-state index is -0.195. The molecule has 0 spiro atoms. The van der Waals surface area contributed by atoms with Crippen LogP contribution in [0.1, 0.15) is 5.56 Å². The van der Waals surface area contributed by atoms with Gasteiger partial charge in [-0.25, -0.2) is 0 Å². The second-order valence-corrected chi connectivity index (χ2v) is 5.97. The summed E-state index contributed by atoms with van der Waals surface area (Å²) in [4.78, 5) is 11.9. The predicted octanol–water partition coefficient (Wildman–Crippen LogP) is 4.87. The summed E-state index contributed by atoms with van der Waals surface area (Å²) in [5.41, 5.74) is 1.57. The van der Waals surface area contributed by atoms with Crippen LogP contribution in [0.3, 0.4) is 0 Å². The molecule has 2 aromatic rings. The number of halogens is 2. The number of carbonyl (C=O) groups is 1. The highest BCUT2D eigenvalue weighted by molar-refractivity contribution is 9.11. The summed E-state index contributed by atoms with van der Waals surface area (Å²) in [7, 11) is 1.59. The van der Waals surface area contributed by atoms with E-state index in [0.29, 0.717) is 5.75 Å². The van der Waals surface area contributed by atoms with Crippen molar-refractivity contribution in [2.75, 3.05) is 12.4 Å². The molecule has 0 radical (unpaired) electrons. The van der Waals surface area contributed by atoms with E-state index in [1.54, 1.807) is 13.2 Å². The molecule has 0 aromatic heterocycles. The lowest BCUT2D eigenvalue weighted by molar-refractivity contribution is -0.111. The number of amides is 1. The van der Waals surface area contributed by atoms with Crippen molar-refractivity contribution in [2.45, 2.75) is 0 Å². The van der Waals surface area contributed by atoms with Gasteiger partial charge in [0.15, 0.2) is 0 Å². The number of rotatable bonds is 4. The van der Waals surface area contributed by atoms with Gasteiger partial charge in [0.2, 0.25) is 5.91 Å². The van der Waals surface area contributed by atoms with E-state index in [1.807, 2.05) is 42.5 Å². The fourth-order valence-corrected chi connectivity index (χ4v) is 3.21. The Kier molecular flexibility index (Phi) is 5.59. The van der Waals surface area contributed by atoms with E-state index < -0.39 is 0 Å². The van der Waals surface area contributed by atoms with Crippen molar-refractivity contribution in [3.8, 4) is 5.75 Å². The molecule has 0 saturated carbocycles. The maximum atomic E-state index is 11.9. The Hall–Kier alpha value is -1.59. The zero-order valence-corrected chi connectivity index (χ0v) is 14.4. The van der Waals surface area contributed by atoms with Gasteiger partial charge in [-0.3, -0.25) is 4.79 Å². The molecule has 21 heavy (non-hydrogen) atoms. The van der Waals surface area contributed by atoms with E-state index in [1.165, 1.54) is 6.08 Å². The third kappa shape index (κ3) is 4.44. The first-order valence-electron chi connectivity index (χ1n) is 6.17. The van der Waals surface area contributed by atoms with Crippen molar-refractivity contribution in [3.05, 3.63) is 63.0 Å². The van der Waals surface area contributed by atoms with Crippen LogP contribution < -0.4 is 10.1 Å². The lowest BCUT2D eigenvalue weighted by Crippen LogP contribution is -2.07. The van der Waals surface area contributed by atoms with Crippen LogP contribution in [0.25, 0.3) is 6.08 Å². The Labute approximate surface area is 140 Å². The van der Waals surface area contributed by atoms with Gasteiger partial charge < -0.3 is 10.1 Å². The van der Waals surface area contributed by atoms with Crippen LogP contribution in [0.5, 0.6) is 5.75 Å². The molecule has 5 heteroatoms. The van der Waals surface area contributed by atoms with Gasteiger partial charge >= 0.3 is 0 Å². The number of methoxy groups -OCH3 is 1. The Morgan fingerprint density at radius 1 is 1.19 bits per heavy atom. The quantitative estimate of drug-likeness (QED) is 0.730. The fourth-order valence-electron chi connectivity index (χ4n) is 1.79. The van der Waals surface area contributed by atoms with Gasteiger partial charge in [-0.05, 0) is 46.3 Å². The number of nitrogens with one attached hydrogen (secondary N) is 1. The average Bonchev–Trinajstić information content (AvgIpc) is 2.45.